The van der Waals surface area contributed by atoms with Crippen LogP contribution in [0.4, 0.5) is 11.4 Å². The smallest absolute Gasteiger partial charge is 0.318 e. The zero-order valence-electron chi connectivity index (χ0n) is 16.0. The summed E-state index contributed by atoms with van der Waals surface area (Å²) in [6, 6.07) is 10.9. The highest BCUT2D eigenvalue weighted by atomic mass is 16.6. The maximum Gasteiger partial charge on any atom is 0.318 e. The first-order chi connectivity index (χ1) is 14.8. The van der Waals surface area contributed by atoms with Crippen molar-refractivity contribution in [2.24, 2.45) is 5.10 Å². The number of rotatable bonds is 7. The van der Waals surface area contributed by atoms with Gasteiger partial charge in [-0.3, -0.25) is 29.8 Å². The summed E-state index contributed by atoms with van der Waals surface area (Å²) in [5.41, 5.74) is 1.34. The number of carbonyl (C=O) groups is 2. The summed E-state index contributed by atoms with van der Waals surface area (Å²) in [5, 5.41) is 35.4. The van der Waals surface area contributed by atoms with Crippen molar-refractivity contribution in [3.05, 3.63) is 73.8 Å². The monoisotopic (exact) mass is 427 g/mol. The lowest BCUT2D eigenvalue weighted by Gasteiger charge is -2.15. The summed E-state index contributed by atoms with van der Waals surface area (Å²) < 4.78 is 0. The summed E-state index contributed by atoms with van der Waals surface area (Å²) in [4.78, 5) is 45.7. The van der Waals surface area contributed by atoms with Crippen molar-refractivity contribution in [3.63, 3.8) is 0 Å². The summed E-state index contributed by atoms with van der Waals surface area (Å²) in [6.07, 6.45) is 1.14. The molecule has 0 radical (unpaired) electrons. The van der Waals surface area contributed by atoms with Gasteiger partial charge < -0.3 is 10.0 Å². The van der Waals surface area contributed by atoms with E-state index < -0.39 is 32.9 Å². The molecule has 160 valence electrons. The van der Waals surface area contributed by atoms with Crippen molar-refractivity contribution >= 4 is 29.4 Å². The second-order valence-corrected chi connectivity index (χ2v) is 6.80. The van der Waals surface area contributed by atoms with E-state index >= 15 is 0 Å². The van der Waals surface area contributed by atoms with Crippen LogP contribution < -0.4 is 5.43 Å². The van der Waals surface area contributed by atoms with Crippen LogP contribution in [0.2, 0.25) is 0 Å². The van der Waals surface area contributed by atoms with Gasteiger partial charge in [-0.15, -0.1) is 0 Å². The van der Waals surface area contributed by atoms with Gasteiger partial charge in [0, 0.05) is 24.9 Å². The van der Waals surface area contributed by atoms with E-state index in [2.05, 4.69) is 10.5 Å². The first kappa shape index (κ1) is 21.4. The number of carbonyl (C=O) groups excluding carboxylic acids is 2. The van der Waals surface area contributed by atoms with Crippen LogP contribution in [-0.4, -0.2) is 51.0 Å². The van der Waals surface area contributed by atoms with Crippen LogP contribution in [0.25, 0.3) is 0 Å². The Morgan fingerprint density at radius 3 is 2.58 bits per heavy atom. The molecule has 0 unspecified atom stereocenters. The molecule has 2 aromatic carbocycles. The van der Waals surface area contributed by atoms with E-state index in [1.54, 1.807) is 0 Å². The number of aromatic hydroxyl groups is 1. The van der Waals surface area contributed by atoms with Gasteiger partial charge in [0.05, 0.1) is 27.7 Å². The fourth-order valence-electron chi connectivity index (χ4n) is 3.22. The third-order valence-corrected chi connectivity index (χ3v) is 4.72. The Hall–Kier alpha value is -4.35. The SMILES string of the molecule is O=C(CN1C[C@@H](c2ccccc2)CC1=O)N/N=C\c1cc([N+](=O)[O-])cc([N+](=O)[O-])c1O. The molecule has 0 aromatic heterocycles. The summed E-state index contributed by atoms with van der Waals surface area (Å²) in [5.74, 6) is -1.65. The fourth-order valence-corrected chi connectivity index (χ4v) is 3.22. The normalized spacial score (nSPS) is 15.9. The Morgan fingerprint density at radius 1 is 1.23 bits per heavy atom. The Kier molecular flexibility index (Phi) is 6.19. The minimum absolute atomic E-state index is 0.0210. The lowest BCUT2D eigenvalue weighted by molar-refractivity contribution is -0.394. The molecule has 2 amide bonds. The third-order valence-electron chi connectivity index (χ3n) is 4.72. The van der Waals surface area contributed by atoms with Gasteiger partial charge in [-0.05, 0) is 5.56 Å². The minimum Gasteiger partial charge on any atom is -0.502 e. The number of benzene rings is 2. The van der Waals surface area contributed by atoms with Crippen LogP contribution in [0.1, 0.15) is 23.5 Å². The van der Waals surface area contributed by atoms with Crippen LogP contribution >= 0.6 is 0 Å². The van der Waals surface area contributed by atoms with E-state index in [1.807, 2.05) is 30.3 Å². The van der Waals surface area contributed by atoms with Gasteiger partial charge in [0.15, 0.2) is 0 Å². The molecule has 31 heavy (non-hydrogen) atoms. The summed E-state index contributed by atoms with van der Waals surface area (Å²) in [7, 11) is 0. The molecule has 2 N–H and O–H groups in total. The Morgan fingerprint density at radius 2 is 1.94 bits per heavy atom. The quantitative estimate of drug-likeness (QED) is 0.385. The molecule has 1 aliphatic rings. The number of nitro groups is 2. The van der Waals surface area contributed by atoms with Crippen molar-refractivity contribution < 1.29 is 24.5 Å². The van der Waals surface area contributed by atoms with E-state index in [0.717, 1.165) is 17.8 Å². The fraction of sp³-hybridized carbons (Fsp3) is 0.211. The van der Waals surface area contributed by atoms with Crippen LogP contribution in [-0.2, 0) is 9.59 Å². The highest BCUT2D eigenvalue weighted by molar-refractivity contribution is 5.90. The molecule has 0 bridgehead atoms. The second kappa shape index (κ2) is 8.98. The number of amides is 2. The van der Waals surface area contributed by atoms with Crippen LogP contribution in [0.5, 0.6) is 5.75 Å². The van der Waals surface area contributed by atoms with Crippen molar-refractivity contribution in [1.29, 1.82) is 0 Å². The van der Waals surface area contributed by atoms with E-state index in [-0.39, 0.29) is 30.4 Å². The summed E-state index contributed by atoms with van der Waals surface area (Å²) >= 11 is 0. The molecular weight excluding hydrogens is 410 g/mol. The number of phenols is 1. The molecule has 12 heteroatoms. The molecule has 1 atom stereocenters. The first-order valence-corrected chi connectivity index (χ1v) is 9.06. The van der Waals surface area contributed by atoms with E-state index in [0.29, 0.717) is 12.6 Å². The zero-order valence-corrected chi connectivity index (χ0v) is 16.0. The molecule has 3 rings (SSSR count). The number of nitrogens with one attached hydrogen (secondary N) is 1. The summed E-state index contributed by atoms with van der Waals surface area (Å²) in [6.45, 7) is 0.123. The van der Waals surface area contributed by atoms with Gasteiger partial charge >= 0.3 is 5.69 Å². The first-order valence-electron chi connectivity index (χ1n) is 9.06. The number of hydrogen-bond acceptors (Lipinski definition) is 8. The molecule has 12 nitrogen and oxygen atoms in total. The highest BCUT2D eigenvalue weighted by Gasteiger charge is 2.31. The van der Waals surface area contributed by atoms with Crippen molar-refractivity contribution in [2.45, 2.75) is 12.3 Å². The van der Waals surface area contributed by atoms with Crippen molar-refractivity contribution in [2.75, 3.05) is 13.1 Å². The maximum absolute atomic E-state index is 12.2. The zero-order chi connectivity index (χ0) is 22.5. The molecule has 1 fully saturated rings. The molecule has 2 aromatic rings. The third kappa shape index (κ3) is 4.98. The lowest BCUT2D eigenvalue weighted by atomic mass is 9.99. The molecule has 1 saturated heterocycles. The Bertz CT molecular complexity index is 1070. The molecule has 1 heterocycles. The molecule has 0 aliphatic carbocycles. The average Bonchev–Trinajstić information content (AvgIpc) is 3.09. The van der Waals surface area contributed by atoms with Gasteiger partial charge in [-0.1, -0.05) is 30.3 Å². The number of nitro benzene ring substituents is 2. The van der Waals surface area contributed by atoms with Gasteiger partial charge in [0.2, 0.25) is 11.7 Å². The standard InChI is InChI=1S/C19H17N5O7/c25-17(11-22-10-14(7-18(22)26)12-4-2-1-3-5-12)21-20-9-13-6-15(23(28)29)8-16(19(13)27)24(30)31/h1-6,8-9,14,27H,7,10-11H2,(H,21,25)/b20-9-/t14-/m0/s1. The van der Waals surface area contributed by atoms with Crippen LogP contribution in [0, 0.1) is 20.2 Å². The predicted molar refractivity (Wildman–Crippen MR) is 108 cm³/mol. The predicted octanol–water partition coefficient (Wildman–Crippen LogP) is 1.67. The topological polar surface area (TPSA) is 168 Å². The van der Waals surface area contributed by atoms with Gasteiger partial charge in [-0.2, -0.15) is 5.10 Å². The highest BCUT2D eigenvalue weighted by Crippen LogP contribution is 2.33. The Labute approximate surface area is 175 Å². The Balaban J connectivity index is 1.64. The molecular formula is C19H17N5O7. The number of phenolic OH excluding ortho intramolecular Hbond substituents is 1. The van der Waals surface area contributed by atoms with E-state index in [4.69, 9.17) is 0 Å². The second-order valence-electron chi connectivity index (χ2n) is 6.80. The minimum atomic E-state index is -0.972. The number of hydrazone groups is 1. The maximum atomic E-state index is 12.2. The van der Waals surface area contributed by atoms with E-state index in [1.165, 1.54) is 4.90 Å². The molecule has 0 saturated carbocycles. The largest absolute Gasteiger partial charge is 0.502 e. The number of likely N-dealkylation sites (tertiary alicyclic amines) is 1. The van der Waals surface area contributed by atoms with Crippen LogP contribution in [0.3, 0.4) is 0 Å². The lowest BCUT2D eigenvalue weighted by Crippen LogP contribution is -2.36. The van der Waals surface area contributed by atoms with E-state index in [9.17, 15) is 34.9 Å². The van der Waals surface area contributed by atoms with Gasteiger partial charge in [0.25, 0.3) is 11.6 Å². The van der Waals surface area contributed by atoms with Crippen molar-refractivity contribution in [1.82, 2.24) is 10.3 Å². The van der Waals surface area contributed by atoms with Gasteiger partial charge in [-0.25, -0.2) is 5.43 Å². The number of nitrogens with zero attached hydrogens (tertiary/aromatic N) is 4. The number of hydrogen-bond donors (Lipinski definition) is 2. The van der Waals surface area contributed by atoms with Crippen molar-refractivity contribution in [3.8, 4) is 5.75 Å². The van der Waals surface area contributed by atoms with Crippen LogP contribution in [0.15, 0.2) is 47.6 Å². The molecule has 1 aliphatic heterocycles. The average molecular weight is 427 g/mol. The molecule has 0 spiro atoms. The van der Waals surface area contributed by atoms with Gasteiger partial charge in [0.1, 0.15) is 6.54 Å². The number of non-ortho nitro benzene ring substituents is 1.